The van der Waals surface area contributed by atoms with Gasteiger partial charge in [-0.15, -0.1) is 0 Å². The molecule has 18 heavy (non-hydrogen) atoms. The van der Waals surface area contributed by atoms with E-state index in [0.29, 0.717) is 11.3 Å². The number of sulfonamides is 1. The van der Waals surface area contributed by atoms with Gasteiger partial charge >= 0.3 is 5.97 Å². The molecule has 0 saturated heterocycles. The predicted octanol–water partition coefficient (Wildman–Crippen LogP) is 1.85. The average molecular weight is 269 g/mol. The lowest BCUT2D eigenvalue weighted by atomic mass is 10.1. The molecule has 0 atom stereocenters. The minimum Gasteiger partial charge on any atom is -0.478 e. The summed E-state index contributed by atoms with van der Waals surface area (Å²) in [5.41, 5.74) is 1.91. The van der Waals surface area contributed by atoms with Gasteiger partial charge in [-0.2, -0.15) is 0 Å². The maximum absolute atomic E-state index is 11.4. The molecule has 1 aromatic carbocycles. The first-order valence-electron chi connectivity index (χ1n) is 5.35. The van der Waals surface area contributed by atoms with Crippen molar-refractivity contribution < 1.29 is 18.3 Å². The van der Waals surface area contributed by atoms with Crippen LogP contribution in [0.3, 0.4) is 0 Å². The van der Waals surface area contributed by atoms with Gasteiger partial charge in [0.25, 0.3) is 0 Å². The lowest BCUT2D eigenvalue weighted by molar-refractivity contribution is -0.131. The summed E-state index contributed by atoms with van der Waals surface area (Å²) in [6, 6.07) is 5.04. The number of aryl methyl sites for hydroxylation is 1. The van der Waals surface area contributed by atoms with Gasteiger partial charge in [0, 0.05) is 11.8 Å². The van der Waals surface area contributed by atoms with Gasteiger partial charge in [0.2, 0.25) is 10.0 Å². The molecule has 0 saturated carbocycles. The Morgan fingerprint density at radius 2 is 2.06 bits per heavy atom. The second kappa shape index (κ2) is 5.68. The number of carboxylic acids is 1. The van der Waals surface area contributed by atoms with E-state index in [1.54, 1.807) is 25.1 Å². The molecule has 0 unspecified atom stereocenters. The molecule has 2 N–H and O–H groups in total. The zero-order valence-electron chi connectivity index (χ0n) is 10.2. The third-order valence-electron chi connectivity index (χ3n) is 2.17. The highest BCUT2D eigenvalue weighted by atomic mass is 32.2. The molecule has 0 spiro atoms. The molecule has 1 rings (SSSR count). The molecule has 0 aliphatic rings. The first-order chi connectivity index (χ1) is 8.32. The zero-order chi connectivity index (χ0) is 13.8. The number of rotatable bonds is 5. The van der Waals surface area contributed by atoms with Gasteiger partial charge < -0.3 is 5.11 Å². The van der Waals surface area contributed by atoms with E-state index in [9.17, 15) is 13.2 Å². The standard InChI is InChI=1S/C12H15NO4S/c1-3-18(16,17)13-11-7-9(2)6-10(8-11)4-5-12(14)15/h4-8,13H,3H2,1-2H3,(H,14,15)/b5-4+. The Morgan fingerprint density at radius 3 is 2.61 bits per heavy atom. The van der Waals surface area contributed by atoms with Gasteiger partial charge in [-0.3, -0.25) is 4.72 Å². The lowest BCUT2D eigenvalue weighted by Gasteiger charge is -2.08. The van der Waals surface area contributed by atoms with E-state index in [4.69, 9.17) is 5.11 Å². The van der Waals surface area contributed by atoms with Crippen molar-refractivity contribution in [3.8, 4) is 0 Å². The van der Waals surface area contributed by atoms with Crippen LogP contribution in [0.5, 0.6) is 0 Å². The van der Waals surface area contributed by atoms with Crippen molar-refractivity contribution >= 4 is 27.8 Å². The molecule has 0 aliphatic carbocycles. The van der Waals surface area contributed by atoms with E-state index in [0.717, 1.165) is 11.6 Å². The molecule has 0 radical (unpaired) electrons. The van der Waals surface area contributed by atoms with Gasteiger partial charge in [-0.05, 0) is 43.2 Å². The van der Waals surface area contributed by atoms with Gasteiger partial charge in [0.05, 0.1) is 5.75 Å². The van der Waals surface area contributed by atoms with E-state index in [-0.39, 0.29) is 5.75 Å². The fraction of sp³-hybridized carbons (Fsp3) is 0.250. The highest BCUT2D eigenvalue weighted by Crippen LogP contribution is 2.17. The summed E-state index contributed by atoms with van der Waals surface area (Å²) in [4.78, 5) is 10.4. The van der Waals surface area contributed by atoms with Gasteiger partial charge in [-0.1, -0.05) is 6.07 Å². The molecule has 0 amide bonds. The molecule has 0 aliphatic heterocycles. The lowest BCUT2D eigenvalue weighted by Crippen LogP contribution is -2.14. The van der Waals surface area contributed by atoms with E-state index >= 15 is 0 Å². The monoisotopic (exact) mass is 269 g/mol. The fourth-order valence-electron chi connectivity index (χ4n) is 1.39. The van der Waals surface area contributed by atoms with Gasteiger partial charge in [-0.25, -0.2) is 13.2 Å². The van der Waals surface area contributed by atoms with Gasteiger partial charge in [0.1, 0.15) is 0 Å². The van der Waals surface area contributed by atoms with E-state index in [2.05, 4.69) is 4.72 Å². The second-order valence-corrected chi connectivity index (χ2v) is 5.82. The van der Waals surface area contributed by atoms with Crippen LogP contribution in [0.15, 0.2) is 24.3 Å². The summed E-state index contributed by atoms with van der Waals surface area (Å²) in [5, 5.41) is 8.54. The van der Waals surface area contributed by atoms with E-state index in [1.165, 1.54) is 6.08 Å². The number of hydrogen-bond acceptors (Lipinski definition) is 3. The number of hydrogen-bond donors (Lipinski definition) is 2. The Morgan fingerprint density at radius 1 is 1.39 bits per heavy atom. The third kappa shape index (κ3) is 4.58. The molecule has 6 heteroatoms. The Bertz CT molecular complexity index is 576. The smallest absolute Gasteiger partial charge is 0.328 e. The summed E-state index contributed by atoms with van der Waals surface area (Å²) in [5.74, 6) is -1.06. The van der Waals surface area contributed by atoms with E-state index < -0.39 is 16.0 Å². The quantitative estimate of drug-likeness (QED) is 0.799. The highest BCUT2D eigenvalue weighted by Gasteiger charge is 2.07. The van der Waals surface area contributed by atoms with Crippen LogP contribution >= 0.6 is 0 Å². The van der Waals surface area contributed by atoms with Crippen LogP contribution in [0.2, 0.25) is 0 Å². The van der Waals surface area contributed by atoms with Crippen molar-refractivity contribution in [2.45, 2.75) is 13.8 Å². The van der Waals surface area contributed by atoms with Crippen molar-refractivity contribution in [1.82, 2.24) is 0 Å². The maximum Gasteiger partial charge on any atom is 0.328 e. The van der Waals surface area contributed by atoms with Crippen LogP contribution in [0, 0.1) is 6.92 Å². The van der Waals surface area contributed by atoms with Crippen LogP contribution < -0.4 is 4.72 Å². The van der Waals surface area contributed by atoms with Crippen LogP contribution in [0.1, 0.15) is 18.1 Å². The largest absolute Gasteiger partial charge is 0.478 e. The van der Waals surface area contributed by atoms with Gasteiger partial charge in [0.15, 0.2) is 0 Å². The number of carboxylic acid groups (broad SMARTS) is 1. The summed E-state index contributed by atoms with van der Waals surface area (Å²) in [6.07, 6.45) is 2.42. The Labute approximate surface area is 106 Å². The van der Waals surface area contributed by atoms with Crippen molar-refractivity contribution in [2.75, 3.05) is 10.5 Å². The highest BCUT2D eigenvalue weighted by molar-refractivity contribution is 7.92. The molecule has 0 heterocycles. The molecular weight excluding hydrogens is 254 g/mol. The normalized spacial score (nSPS) is 11.7. The minimum atomic E-state index is -3.33. The van der Waals surface area contributed by atoms with Crippen LogP contribution in [0.4, 0.5) is 5.69 Å². The summed E-state index contributed by atoms with van der Waals surface area (Å²) >= 11 is 0. The average Bonchev–Trinajstić information content (AvgIpc) is 2.25. The Hall–Kier alpha value is -1.82. The Kier molecular flexibility index (Phi) is 4.49. The fourth-order valence-corrected chi connectivity index (χ4v) is 2.01. The summed E-state index contributed by atoms with van der Waals surface area (Å²) in [7, 11) is -3.33. The SMILES string of the molecule is CCS(=O)(=O)Nc1cc(C)cc(/C=C/C(=O)O)c1. The molecule has 0 aromatic heterocycles. The molecule has 1 aromatic rings. The number of benzene rings is 1. The molecule has 5 nitrogen and oxygen atoms in total. The maximum atomic E-state index is 11.4. The number of anilines is 1. The first-order valence-corrected chi connectivity index (χ1v) is 7.01. The van der Waals surface area contributed by atoms with Crippen LogP contribution in [-0.2, 0) is 14.8 Å². The van der Waals surface area contributed by atoms with E-state index in [1.807, 2.05) is 6.92 Å². The molecule has 98 valence electrons. The third-order valence-corrected chi connectivity index (χ3v) is 3.48. The zero-order valence-corrected chi connectivity index (χ0v) is 11.0. The second-order valence-electron chi connectivity index (χ2n) is 3.81. The topological polar surface area (TPSA) is 83.5 Å². The molecular formula is C12H15NO4S. The van der Waals surface area contributed by atoms with Crippen molar-refractivity contribution in [3.63, 3.8) is 0 Å². The van der Waals surface area contributed by atoms with Crippen molar-refractivity contribution in [2.24, 2.45) is 0 Å². The number of aliphatic carboxylic acids is 1. The number of carbonyl (C=O) groups is 1. The Balaban J connectivity index is 3.05. The number of nitrogens with one attached hydrogen (secondary N) is 1. The van der Waals surface area contributed by atoms with Crippen LogP contribution in [-0.4, -0.2) is 25.2 Å². The summed E-state index contributed by atoms with van der Waals surface area (Å²) < 4.78 is 25.3. The van der Waals surface area contributed by atoms with Crippen molar-refractivity contribution in [3.05, 3.63) is 35.4 Å². The minimum absolute atomic E-state index is 0.0127. The molecule has 0 bridgehead atoms. The van der Waals surface area contributed by atoms with Crippen LogP contribution in [0.25, 0.3) is 6.08 Å². The first kappa shape index (κ1) is 14.2. The van der Waals surface area contributed by atoms with Crippen molar-refractivity contribution in [1.29, 1.82) is 0 Å². The predicted molar refractivity (Wildman–Crippen MR) is 70.9 cm³/mol. The molecule has 0 fully saturated rings. The summed E-state index contributed by atoms with van der Waals surface area (Å²) in [6.45, 7) is 3.35.